The Labute approximate surface area is 130 Å². The van der Waals surface area contributed by atoms with Crippen molar-refractivity contribution in [3.05, 3.63) is 29.8 Å². The SMILES string of the molecule is CSc1nnc(S[C@@H](C)C(=O)Nc2ccc(C)cc2)s1. The normalized spacial score (nSPS) is 12.2. The zero-order chi connectivity index (χ0) is 14.5. The highest BCUT2D eigenvalue weighted by Crippen LogP contribution is 2.30. The van der Waals surface area contributed by atoms with Gasteiger partial charge in [-0.3, -0.25) is 4.79 Å². The van der Waals surface area contributed by atoms with E-state index in [0.717, 1.165) is 14.4 Å². The zero-order valence-electron chi connectivity index (χ0n) is 11.4. The monoisotopic (exact) mass is 325 g/mol. The van der Waals surface area contributed by atoms with Gasteiger partial charge >= 0.3 is 0 Å². The fourth-order valence-electron chi connectivity index (χ4n) is 1.41. The van der Waals surface area contributed by atoms with Crippen LogP contribution in [0.2, 0.25) is 0 Å². The summed E-state index contributed by atoms with van der Waals surface area (Å²) in [6.45, 7) is 3.89. The van der Waals surface area contributed by atoms with Gasteiger partial charge in [0, 0.05) is 5.69 Å². The first-order valence-corrected chi connectivity index (χ1v) is 8.92. The lowest BCUT2D eigenvalue weighted by Gasteiger charge is -2.10. The first kappa shape index (κ1) is 15.3. The first-order valence-electron chi connectivity index (χ1n) is 6.00. The molecular weight excluding hydrogens is 310 g/mol. The Bertz CT molecular complexity index is 583. The van der Waals surface area contributed by atoms with Gasteiger partial charge in [-0.05, 0) is 32.2 Å². The van der Waals surface area contributed by atoms with Crippen LogP contribution in [-0.2, 0) is 4.79 Å². The number of hydrogen-bond donors (Lipinski definition) is 1. The lowest BCUT2D eigenvalue weighted by molar-refractivity contribution is -0.115. The van der Waals surface area contributed by atoms with Gasteiger partial charge < -0.3 is 5.32 Å². The number of carbonyl (C=O) groups is 1. The van der Waals surface area contributed by atoms with Crippen LogP contribution in [0.15, 0.2) is 32.9 Å². The summed E-state index contributed by atoms with van der Waals surface area (Å²) in [5, 5.41) is 10.8. The second-order valence-electron chi connectivity index (χ2n) is 4.15. The summed E-state index contributed by atoms with van der Waals surface area (Å²) >= 11 is 4.50. The van der Waals surface area contributed by atoms with E-state index in [1.165, 1.54) is 28.7 Å². The van der Waals surface area contributed by atoms with Crippen molar-refractivity contribution in [1.82, 2.24) is 10.2 Å². The summed E-state index contributed by atoms with van der Waals surface area (Å²) in [6.07, 6.45) is 1.96. The van der Waals surface area contributed by atoms with E-state index in [1.54, 1.807) is 11.8 Å². The van der Waals surface area contributed by atoms with Crippen LogP contribution >= 0.6 is 34.9 Å². The molecule has 20 heavy (non-hydrogen) atoms. The minimum absolute atomic E-state index is 0.0280. The van der Waals surface area contributed by atoms with Gasteiger partial charge in [0.25, 0.3) is 0 Å². The summed E-state index contributed by atoms with van der Waals surface area (Å²) < 4.78 is 1.74. The van der Waals surface area contributed by atoms with E-state index in [-0.39, 0.29) is 11.2 Å². The maximum Gasteiger partial charge on any atom is 0.237 e. The van der Waals surface area contributed by atoms with Gasteiger partial charge in [-0.1, -0.05) is 52.6 Å². The molecule has 106 valence electrons. The Kier molecular flexibility index (Phi) is 5.45. The number of hydrogen-bond acceptors (Lipinski definition) is 6. The molecule has 1 N–H and O–H groups in total. The highest BCUT2D eigenvalue weighted by atomic mass is 32.2. The summed E-state index contributed by atoms with van der Waals surface area (Å²) in [4.78, 5) is 12.1. The molecule has 2 rings (SSSR count). The van der Waals surface area contributed by atoms with E-state index in [9.17, 15) is 4.79 Å². The third-order valence-electron chi connectivity index (χ3n) is 2.53. The number of thioether (sulfide) groups is 2. The van der Waals surface area contributed by atoms with Crippen LogP contribution in [0.4, 0.5) is 5.69 Å². The average molecular weight is 325 g/mol. The predicted octanol–water partition coefficient (Wildman–Crippen LogP) is 3.69. The van der Waals surface area contributed by atoms with E-state index < -0.39 is 0 Å². The molecule has 0 spiro atoms. The number of amides is 1. The lowest BCUT2D eigenvalue weighted by atomic mass is 10.2. The van der Waals surface area contributed by atoms with Crippen LogP contribution in [0.5, 0.6) is 0 Å². The molecule has 0 fully saturated rings. The van der Waals surface area contributed by atoms with Crippen molar-refractivity contribution >= 4 is 46.5 Å². The van der Waals surface area contributed by atoms with Gasteiger partial charge in [0.05, 0.1) is 5.25 Å². The van der Waals surface area contributed by atoms with Crippen LogP contribution in [0.25, 0.3) is 0 Å². The average Bonchev–Trinajstić information content (AvgIpc) is 2.89. The first-order chi connectivity index (χ1) is 9.58. The minimum Gasteiger partial charge on any atom is -0.325 e. The van der Waals surface area contributed by atoms with E-state index in [0.29, 0.717) is 0 Å². The van der Waals surface area contributed by atoms with Crippen LogP contribution < -0.4 is 5.32 Å². The van der Waals surface area contributed by atoms with Crippen LogP contribution in [0.1, 0.15) is 12.5 Å². The molecule has 7 heteroatoms. The predicted molar refractivity (Wildman–Crippen MR) is 86.8 cm³/mol. The summed E-state index contributed by atoms with van der Waals surface area (Å²) in [5.74, 6) is -0.0280. The van der Waals surface area contributed by atoms with Crippen LogP contribution in [0, 0.1) is 6.92 Å². The molecule has 1 amide bonds. The van der Waals surface area contributed by atoms with Crippen molar-refractivity contribution in [2.75, 3.05) is 11.6 Å². The molecule has 0 saturated heterocycles. The highest BCUT2D eigenvalue weighted by molar-refractivity contribution is 8.03. The number of aryl methyl sites for hydroxylation is 1. The molecule has 0 bridgehead atoms. The van der Waals surface area contributed by atoms with Gasteiger partial charge in [-0.2, -0.15) is 0 Å². The molecule has 1 atom stereocenters. The number of nitrogens with zero attached hydrogens (tertiary/aromatic N) is 2. The summed E-state index contributed by atoms with van der Waals surface area (Å²) in [5.41, 5.74) is 1.99. The van der Waals surface area contributed by atoms with E-state index >= 15 is 0 Å². The number of nitrogens with one attached hydrogen (secondary N) is 1. The zero-order valence-corrected chi connectivity index (χ0v) is 13.9. The van der Waals surface area contributed by atoms with Crippen LogP contribution in [0.3, 0.4) is 0 Å². The van der Waals surface area contributed by atoms with Crippen molar-refractivity contribution in [2.24, 2.45) is 0 Å². The third kappa shape index (κ3) is 4.22. The molecule has 0 aliphatic heterocycles. The minimum atomic E-state index is -0.209. The van der Waals surface area contributed by atoms with Gasteiger partial charge in [-0.15, -0.1) is 10.2 Å². The van der Waals surface area contributed by atoms with E-state index in [1.807, 2.05) is 44.4 Å². The molecule has 0 saturated carbocycles. The van der Waals surface area contributed by atoms with Crippen molar-refractivity contribution < 1.29 is 4.79 Å². The van der Waals surface area contributed by atoms with E-state index in [2.05, 4.69) is 15.5 Å². The number of anilines is 1. The fourth-order valence-corrected chi connectivity index (χ4v) is 3.99. The second kappa shape index (κ2) is 7.10. The number of rotatable bonds is 5. The molecule has 4 nitrogen and oxygen atoms in total. The Balaban J connectivity index is 1.93. The quantitative estimate of drug-likeness (QED) is 0.850. The molecule has 0 aliphatic carbocycles. The molecule has 0 unspecified atom stereocenters. The van der Waals surface area contributed by atoms with Gasteiger partial charge in [-0.25, -0.2) is 0 Å². The van der Waals surface area contributed by atoms with Crippen molar-refractivity contribution in [3.8, 4) is 0 Å². The smallest absolute Gasteiger partial charge is 0.237 e. The highest BCUT2D eigenvalue weighted by Gasteiger charge is 2.17. The largest absolute Gasteiger partial charge is 0.325 e. The summed E-state index contributed by atoms with van der Waals surface area (Å²) in [7, 11) is 0. The molecule has 0 radical (unpaired) electrons. The Morgan fingerprint density at radius 2 is 1.90 bits per heavy atom. The molecular formula is C13H15N3OS3. The van der Waals surface area contributed by atoms with Crippen molar-refractivity contribution in [2.45, 2.75) is 27.8 Å². The Morgan fingerprint density at radius 1 is 1.25 bits per heavy atom. The van der Waals surface area contributed by atoms with Gasteiger partial charge in [0.1, 0.15) is 0 Å². The third-order valence-corrected chi connectivity index (χ3v) is 5.61. The van der Waals surface area contributed by atoms with Crippen molar-refractivity contribution in [3.63, 3.8) is 0 Å². The lowest BCUT2D eigenvalue weighted by Crippen LogP contribution is -2.22. The number of benzene rings is 1. The van der Waals surface area contributed by atoms with Crippen LogP contribution in [-0.4, -0.2) is 27.6 Å². The maximum absolute atomic E-state index is 12.1. The van der Waals surface area contributed by atoms with Crippen molar-refractivity contribution in [1.29, 1.82) is 0 Å². The fraction of sp³-hybridized carbons (Fsp3) is 0.308. The maximum atomic E-state index is 12.1. The Morgan fingerprint density at radius 3 is 2.50 bits per heavy atom. The Hall–Kier alpha value is -1.05. The summed E-state index contributed by atoms with van der Waals surface area (Å²) in [6, 6.07) is 7.76. The van der Waals surface area contributed by atoms with Gasteiger partial charge in [0.15, 0.2) is 8.68 Å². The topological polar surface area (TPSA) is 54.9 Å². The molecule has 1 aromatic carbocycles. The standard InChI is InChI=1S/C13H15N3OS3/c1-8-4-6-10(7-5-8)14-11(17)9(2)19-13-16-15-12(18-3)20-13/h4-7,9H,1-3H3,(H,14,17)/t9-/m0/s1. The molecule has 1 aromatic heterocycles. The van der Waals surface area contributed by atoms with E-state index in [4.69, 9.17) is 0 Å². The second-order valence-corrected chi connectivity index (χ2v) is 7.77. The molecule has 2 aromatic rings. The molecule has 1 heterocycles. The van der Waals surface area contributed by atoms with Gasteiger partial charge in [0.2, 0.25) is 5.91 Å². The number of aromatic nitrogens is 2. The number of carbonyl (C=O) groups excluding carboxylic acids is 1. The molecule has 0 aliphatic rings.